The normalized spacial score (nSPS) is 11.1. The lowest BCUT2D eigenvalue weighted by atomic mass is 10.1. The van der Waals surface area contributed by atoms with Gasteiger partial charge in [-0.05, 0) is 49.2 Å². The van der Waals surface area contributed by atoms with Crippen LogP contribution in [0.15, 0.2) is 30.3 Å². The third-order valence-electron chi connectivity index (χ3n) is 3.89. The van der Waals surface area contributed by atoms with Crippen molar-refractivity contribution in [2.24, 2.45) is 7.05 Å². The fraction of sp³-hybridized carbons (Fsp3) is 0.235. The molecule has 22 heavy (non-hydrogen) atoms. The number of aromatic nitrogens is 2. The van der Waals surface area contributed by atoms with Gasteiger partial charge in [-0.25, -0.2) is 4.98 Å². The summed E-state index contributed by atoms with van der Waals surface area (Å²) in [6, 6.07) is 9.53. The minimum Gasteiger partial charge on any atom is -0.457 e. The molecular formula is C17H19N3O2. The Morgan fingerprint density at radius 2 is 1.82 bits per heavy atom. The van der Waals surface area contributed by atoms with Crippen LogP contribution in [0.5, 0.6) is 11.5 Å². The van der Waals surface area contributed by atoms with Gasteiger partial charge in [-0.1, -0.05) is 0 Å². The van der Waals surface area contributed by atoms with Crippen LogP contribution in [-0.2, 0) is 13.7 Å². The van der Waals surface area contributed by atoms with Crippen LogP contribution in [0.2, 0.25) is 0 Å². The van der Waals surface area contributed by atoms with Gasteiger partial charge in [0.25, 0.3) is 0 Å². The first-order valence-electron chi connectivity index (χ1n) is 7.10. The minimum atomic E-state index is -0.0856. The first-order chi connectivity index (χ1) is 10.5. The van der Waals surface area contributed by atoms with Crippen molar-refractivity contribution in [1.29, 1.82) is 0 Å². The van der Waals surface area contributed by atoms with E-state index in [0.717, 1.165) is 39.3 Å². The molecule has 1 heterocycles. The number of nitrogen functional groups attached to an aromatic ring is 1. The molecule has 0 saturated heterocycles. The molecule has 0 unspecified atom stereocenters. The highest BCUT2D eigenvalue weighted by molar-refractivity contribution is 5.77. The van der Waals surface area contributed by atoms with Crippen molar-refractivity contribution in [3.8, 4) is 11.5 Å². The van der Waals surface area contributed by atoms with Gasteiger partial charge in [-0.15, -0.1) is 0 Å². The second kappa shape index (κ2) is 5.35. The maximum Gasteiger partial charge on any atom is 0.135 e. The molecule has 2 aromatic carbocycles. The average molecular weight is 297 g/mol. The molecule has 114 valence electrons. The lowest BCUT2D eigenvalue weighted by Gasteiger charge is -2.10. The molecule has 0 aliphatic rings. The van der Waals surface area contributed by atoms with Crippen LogP contribution in [0, 0.1) is 13.8 Å². The summed E-state index contributed by atoms with van der Waals surface area (Å²) < 4.78 is 7.80. The Labute approximate surface area is 129 Å². The highest BCUT2D eigenvalue weighted by Gasteiger charge is 2.09. The van der Waals surface area contributed by atoms with Gasteiger partial charge in [0.2, 0.25) is 0 Å². The van der Waals surface area contributed by atoms with E-state index in [-0.39, 0.29) is 6.61 Å². The van der Waals surface area contributed by atoms with Crippen LogP contribution in [-0.4, -0.2) is 14.7 Å². The molecule has 5 heteroatoms. The lowest BCUT2D eigenvalue weighted by Crippen LogP contribution is -1.97. The van der Waals surface area contributed by atoms with E-state index in [0.29, 0.717) is 5.82 Å². The van der Waals surface area contributed by atoms with E-state index in [4.69, 9.17) is 10.5 Å². The highest BCUT2D eigenvalue weighted by Crippen LogP contribution is 2.29. The summed E-state index contributed by atoms with van der Waals surface area (Å²) in [5.74, 6) is 2.11. The standard InChI is InChI=1S/C17H19N3O2/c1-10-6-13(7-11(2)17(10)18)22-12-4-5-14-15(8-12)20(3)16(9-21)19-14/h4-8,21H,9,18H2,1-3H3. The number of hydrogen-bond donors (Lipinski definition) is 2. The van der Waals surface area contributed by atoms with Crippen molar-refractivity contribution in [3.63, 3.8) is 0 Å². The molecule has 0 bridgehead atoms. The number of aliphatic hydroxyl groups is 1. The van der Waals surface area contributed by atoms with Gasteiger partial charge in [0.05, 0.1) is 11.0 Å². The van der Waals surface area contributed by atoms with Crippen molar-refractivity contribution in [2.45, 2.75) is 20.5 Å². The van der Waals surface area contributed by atoms with Crippen molar-refractivity contribution < 1.29 is 9.84 Å². The monoisotopic (exact) mass is 297 g/mol. The fourth-order valence-corrected chi connectivity index (χ4v) is 2.55. The van der Waals surface area contributed by atoms with E-state index in [1.54, 1.807) is 0 Å². The van der Waals surface area contributed by atoms with Crippen molar-refractivity contribution in [1.82, 2.24) is 9.55 Å². The molecule has 0 fully saturated rings. The molecular weight excluding hydrogens is 278 g/mol. The fourth-order valence-electron chi connectivity index (χ4n) is 2.55. The molecule has 3 rings (SSSR count). The number of imidazole rings is 1. The molecule has 0 saturated carbocycles. The number of fused-ring (bicyclic) bond motifs is 1. The Kier molecular flexibility index (Phi) is 3.50. The van der Waals surface area contributed by atoms with Gasteiger partial charge in [0.1, 0.15) is 23.9 Å². The van der Waals surface area contributed by atoms with E-state index in [2.05, 4.69) is 4.98 Å². The Hall–Kier alpha value is -2.53. The Morgan fingerprint density at radius 3 is 2.45 bits per heavy atom. The number of aryl methyl sites for hydroxylation is 3. The van der Waals surface area contributed by atoms with E-state index >= 15 is 0 Å². The summed E-state index contributed by atoms with van der Waals surface area (Å²) in [6.07, 6.45) is 0. The molecule has 0 aliphatic carbocycles. The van der Waals surface area contributed by atoms with Gasteiger partial charge >= 0.3 is 0 Å². The van der Waals surface area contributed by atoms with Gasteiger partial charge in [-0.2, -0.15) is 0 Å². The molecule has 1 aromatic heterocycles. The van der Waals surface area contributed by atoms with Crippen LogP contribution < -0.4 is 10.5 Å². The number of ether oxygens (including phenoxy) is 1. The summed E-state index contributed by atoms with van der Waals surface area (Å²) >= 11 is 0. The maximum absolute atomic E-state index is 9.28. The van der Waals surface area contributed by atoms with Crippen molar-refractivity contribution in [2.75, 3.05) is 5.73 Å². The van der Waals surface area contributed by atoms with E-state index < -0.39 is 0 Å². The number of nitrogens with zero attached hydrogens (tertiary/aromatic N) is 2. The predicted molar refractivity (Wildman–Crippen MR) is 87.0 cm³/mol. The first-order valence-corrected chi connectivity index (χ1v) is 7.10. The molecule has 0 amide bonds. The third kappa shape index (κ3) is 2.40. The lowest BCUT2D eigenvalue weighted by molar-refractivity contribution is 0.268. The van der Waals surface area contributed by atoms with E-state index in [1.807, 2.05) is 55.8 Å². The Balaban J connectivity index is 1.99. The number of anilines is 1. The molecule has 0 spiro atoms. The Bertz CT molecular complexity index is 829. The summed E-state index contributed by atoms with van der Waals surface area (Å²) in [7, 11) is 1.88. The van der Waals surface area contributed by atoms with Crippen LogP contribution in [0.25, 0.3) is 11.0 Å². The SMILES string of the molecule is Cc1cc(Oc2ccc3nc(CO)n(C)c3c2)cc(C)c1N. The summed E-state index contributed by atoms with van der Waals surface area (Å²) in [5, 5.41) is 9.28. The first kappa shape index (κ1) is 14.4. The third-order valence-corrected chi connectivity index (χ3v) is 3.89. The zero-order valence-corrected chi connectivity index (χ0v) is 12.9. The summed E-state index contributed by atoms with van der Waals surface area (Å²) in [5.41, 5.74) is 10.5. The quantitative estimate of drug-likeness (QED) is 0.729. The highest BCUT2D eigenvalue weighted by atomic mass is 16.5. The maximum atomic E-state index is 9.28. The van der Waals surface area contributed by atoms with Gasteiger partial charge in [0.15, 0.2) is 0 Å². The van der Waals surface area contributed by atoms with Gasteiger partial charge < -0.3 is 20.1 Å². The largest absolute Gasteiger partial charge is 0.457 e. The van der Waals surface area contributed by atoms with Crippen LogP contribution in [0.3, 0.4) is 0 Å². The Morgan fingerprint density at radius 1 is 1.14 bits per heavy atom. The number of nitrogens with two attached hydrogens (primary N) is 1. The second-order valence-corrected chi connectivity index (χ2v) is 5.47. The van der Waals surface area contributed by atoms with Crippen LogP contribution >= 0.6 is 0 Å². The molecule has 3 N–H and O–H groups in total. The number of aliphatic hydroxyl groups excluding tert-OH is 1. The van der Waals surface area contributed by atoms with Crippen LogP contribution in [0.4, 0.5) is 5.69 Å². The minimum absolute atomic E-state index is 0.0856. The van der Waals surface area contributed by atoms with Crippen molar-refractivity contribution in [3.05, 3.63) is 47.3 Å². The number of hydrogen-bond acceptors (Lipinski definition) is 4. The van der Waals surface area contributed by atoms with Gasteiger partial charge in [0, 0.05) is 18.8 Å². The van der Waals surface area contributed by atoms with Gasteiger partial charge in [-0.3, -0.25) is 0 Å². The van der Waals surface area contributed by atoms with Crippen molar-refractivity contribution >= 4 is 16.7 Å². The average Bonchev–Trinajstić information content (AvgIpc) is 2.81. The van der Waals surface area contributed by atoms with E-state index in [1.165, 1.54) is 0 Å². The molecule has 5 nitrogen and oxygen atoms in total. The smallest absolute Gasteiger partial charge is 0.135 e. The summed E-state index contributed by atoms with van der Waals surface area (Å²) in [4.78, 5) is 4.36. The predicted octanol–water partition coefficient (Wildman–Crippen LogP) is 3.06. The van der Waals surface area contributed by atoms with Crippen LogP contribution in [0.1, 0.15) is 17.0 Å². The topological polar surface area (TPSA) is 73.3 Å². The summed E-state index contributed by atoms with van der Waals surface area (Å²) in [6.45, 7) is 3.85. The zero-order valence-electron chi connectivity index (χ0n) is 12.9. The molecule has 0 radical (unpaired) electrons. The number of rotatable bonds is 3. The molecule has 3 aromatic rings. The number of benzene rings is 2. The molecule has 0 aliphatic heterocycles. The molecule has 0 atom stereocenters. The zero-order chi connectivity index (χ0) is 15.9. The van der Waals surface area contributed by atoms with E-state index in [9.17, 15) is 5.11 Å². The second-order valence-electron chi connectivity index (χ2n) is 5.47.